The molecule has 4 nitrogen and oxygen atoms in total. The second-order valence-corrected chi connectivity index (χ2v) is 10.4. The molecule has 0 atom stereocenters. The molecule has 0 spiro atoms. The van der Waals surface area contributed by atoms with Crippen LogP contribution in [-0.2, 0) is 19.5 Å². The van der Waals surface area contributed by atoms with Crippen LogP contribution >= 0.6 is 0 Å². The summed E-state index contributed by atoms with van der Waals surface area (Å²) in [5, 5.41) is 0. The summed E-state index contributed by atoms with van der Waals surface area (Å²) in [7, 11) is 0. The van der Waals surface area contributed by atoms with Gasteiger partial charge in [-0.1, -0.05) is 95.0 Å². The molecule has 3 aromatic rings. The van der Waals surface area contributed by atoms with E-state index in [1.54, 1.807) is 6.33 Å². The van der Waals surface area contributed by atoms with Crippen molar-refractivity contribution in [2.24, 2.45) is 0 Å². The monoisotopic (exact) mass is 500 g/mol. The summed E-state index contributed by atoms with van der Waals surface area (Å²) in [6, 6.07) is 18.3. The SMILES string of the molecule is CCCCCc1ccc(CN(CCN(CCCC)CCCC)Cc2ccc(-c3cncnc3)cc2)cc1. The van der Waals surface area contributed by atoms with E-state index in [0.29, 0.717) is 0 Å². The van der Waals surface area contributed by atoms with Crippen molar-refractivity contribution in [3.05, 3.63) is 83.9 Å². The van der Waals surface area contributed by atoms with E-state index in [4.69, 9.17) is 0 Å². The van der Waals surface area contributed by atoms with Gasteiger partial charge in [0.25, 0.3) is 0 Å². The highest BCUT2D eigenvalue weighted by Gasteiger charge is 2.12. The van der Waals surface area contributed by atoms with Crippen LogP contribution in [0.2, 0.25) is 0 Å². The van der Waals surface area contributed by atoms with Gasteiger partial charge in [-0.3, -0.25) is 4.90 Å². The van der Waals surface area contributed by atoms with Crippen LogP contribution in [0.5, 0.6) is 0 Å². The van der Waals surface area contributed by atoms with Gasteiger partial charge in [0.05, 0.1) is 0 Å². The molecule has 37 heavy (non-hydrogen) atoms. The molecule has 1 aromatic heterocycles. The Kier molecular flexibility index (Phi) is 13.4. The van der Waals surface area contributed by atoms with Gasteiger partial charge in [-0.25, -0.2) is 9.97 Å². The number of unbranched alkanes of at least 4 members (excludes halogenated alkanes) is 4. The van der Waals surface area contributed by atoms with E-state index in [9.17, 15) is 0 Å². The third-order valence-electron chi connectivity index (χ3n) is 7.14. The Morgan fingerprint density at radius 3 is 1.59 bits per heavy atom. The van der Waals surface area contributed by atoms with Crippen LogP contribution in [0.1, 0.15) is 82.4 Å². The zero-order chi connectivity index (χ0) is 26.1. The number of benzene rings is 2. The largest absolute Gasteiger partial charge is 0.302 e. The van der Waals surface area contributed by atoms with Gasteiger partial charge in [0, 0.05) is 44.1 Å². The zero-order valence-electron chi connectivity index (χ0n) is 23.5. The average Bonchev–Trinajstić information content (AvgIpc) is 2.94. The van der Waals surface area contributed by atoms with E-state index in [1.165, 1.54) is 86.7 Å². The molecular formula is C33H48N4. The molecule has 0 saturated carbocycles. The van der Waals surface area contributed by atoms with Gasteiger partial charge >= 0.3 is 0 Å². The van der Waals surface area contributed by atoms with Gasteiger partial charge < -0.3 is 4.90 Å². The van der Waals surface area contributed by atoms with E-state index in [-0.39, 0.29) is 0 Å². The van der Waals surface area contributed by atoms with E-state index >= 15 is 0 Å². The maximum absolute atomic E-state index is 4.16. The Morgan fingerprint density at radius 1 is 0.514 bits per heavy atom. The molecule has 200 valence electrons. The van der Waals surface area contributed by atoms with Crippen molar-refractivity contribution >= 4 is 0 Å². The predicted molar refractivity (Wildman–Crippen MR) is 158 cm³/mol. The van der Waals surface area contributed by atoms with Gasteiger partial charge in [0.1, 0.15) is 6.33 Å². The molecule has 0 N–H and O–H groups in total. The van der Waals surface area contributed by atoms with Crippen LogP contribution in [0.25, 0.3) is 11.1 Å². The first-order valence-corrected chi connectivity index (χ1v) is 14.6. The van der Waals surface area contributed by atoms with E-state index in [1.807, 2.05) is 12.4 Å². The van der Waals surface area contributed by atoms with Gasteiger partial charge in [-0.2, -0.15) is 0 Å². The molecule has 0 fully saturated rings. The Labute approximate surface area is 226 Å². The molecular weight excluding hydrogens is 452 g/mol. The fourth-order valence-electron chi connectivity index (χ4n) is 4.75. The minimum atomic E-state index is 0.958. The average molecular weight is 501 g/mol. The summed E-state index contributed by atoms with van der Waals surface area (Å²) in [5.41, 5.74) is 6.46. The summed E-state index contributed by atoms with van der Waals surface area (Å²) >= 11 is 0. The smallest absolute Gasteiger partial charge is 0.115 e. The van der Waals surface area contributed by atoms with Gasteiger partial charge in [0.15, 0.2) is 0 Å². The highest BCUT2D eigenvalue weighted by atomic mass is 15.2. The fraction of sp³-hybridized carbons (Fsp3) is 0.515. The number of hydrogen-bond acceptors (Lipinski definition) is 4. The first kappa shape index (κ1) is 29.0. The van der Waals surface area contributed by atoms with E-state index in [2.05, 4.69) is 89.1 Å². The summed E-state index contributed by atoms with van der Waals surface area (Å²) in [6.07, 6.45) is 15.5. The predicted octanol–water partition coefficient (Wildman–Crippen LogP) is 7.78. The van der Waals surface area contributed by atoms with Crippen molar-refractivity contribution in [3.8, 4) is 11.1 Å². The maximum atomic E-state index is 4.16. The normalized spacial score (nSPS) is 11.5. The number of rotatable bonds is 18. The van der Waals surface area contributed by atoms with Crippen LogP contribution in [0.3, 0.4) is 0 Å². The van der Waals surface area contributed by atoms with Crippen molar-refractivity contribution in [3.63, 3.8) is 0 Å². The molecule has 0 aliphatic rings. The van der Waals surface area contributed by atoms with Crippen LogP contribution < -0.4 is 0 Å². The molecule has 4 heteroatoms. The quantitative estimate of drug-likeness (QED) is 0.167. The molecule has 0 bridgehead atoms. The number of aromatic nitrogens is 2. The lowest BCUT2D eigenvalue weighted by atomic mass is 10.0. The van der Waals surface area contributed by atoms with Crippen LogP contribution in [0.15, 0.2) is 67.3 Å². The summed E-state index contributed by atoms with van der Waals surface area (Å²) in [5.74, 6) is 0. The first-order chi connectivity index (χ1) is 18.2. The fourth-order valence-corrected chi connectivity index (χ4v) is 4.75. The summed E-state index contributed by atoms with van der Waals surface area (Å²) < 4.78 is 0. The highest BCUT2D eigenvalue weighted by molar-refractivity contribution is 5.61. The molecule has 0 radical (unpaired) electrons. The van der Waals surface area contributed by atoms with Crippen LogP contribution in [0, 0.1) is 0 Å². The lowest BCUT2D eigenvalue weighted by Crippen LogP contribution is -2.36. The van der Waals surface area contributed by atoms with Gasteiger partial charge in [0.2, 0.25) is 0 Å². The first-order valence-electron chi connectivity index (χ1n) is 14.6. The highest BCUT2D eigenvalue weighted by Crippen LogP contribution is 2.19. The lowest BCUT2D eigenvalue weighted by Gasteiger charge is -2.28. The zero-order valence-corrected chi connectivity index (χ0v) is 23.5. The third kappa shape index (κ3) is 10.8. The Balaban J connectivity index is 1.67. The number of aryl methyl sites for hydroxylation is 1. The van der Waals surface area contributed by atoms with Crippen molar-refractivity contribution in [2.75, 3.05) is 26.2 Å². The molecule has 1 heterocycles. The van der Waals surface area contributed by atoms with Gasteiger partial charge in [-0.15, -0.1) is 0 Å². The van der Waals surface area contributed by atoms with E-state index in [0.717, 1.165) is 31.7 Å². The minimum Gasteiger partial charge on any atom is -0.302 e. The van der Waals surface area contributed by atoms with Gasteiger partial charge in [-0.05, 0) is 61.0 Å². The lowest BCUT2D eigenvalue weighted by molar-refractivity contribution is 0.189. The number of nitrogens with zero attached hydrogens (tertiary/aromatic N) is 4. The minimum absolute atomic E-state index is 0.958. The van der Waals surface area contributed by atoms with Crippen molar-refractivity contribution < 1.29 is 0 Å². The van der Waals surface area contributed by atoms with E-state index < -0.39 is 0 Å². The van der Waals surface area contributed by atoms with Crippen molar-refractivity contribution in [1.82, 2.24) is 19.8 Å². The van der Waals surface area contributed by atoms with Crippen LogP contribution in [-0.4, -0.2) is 45.9 Å². The topological polar surface area (TPSA) is 32.3 Å². The summed E-state index contributed by atoms with van der Waals surface area (Å²) in [6.45, 7) is 13.4. The Bertz CT molecular complexity index is 961. The second kappa shape index (κ2) is 17.0. The van der Waals surface area contributed by atoms with Crippen molar-refractivity contribution in [1.29, 1.82) is 0 Å². The molecule has 3 rings (SSSR count). The molecule has 0 aliphatic heterocycles. The standard InChI is InChI=1S/C33H48N4/c1-4-7-10-11-29-12-14-30(15-13-29)26-37(23-22-36(20-8-5-2)21-9-6-3)27-31-16-18-32(19-17-31)33-24-34-28-35-25-33/h12-19,24-25,28H,4-11,20-23,26-27H2,1-3H3. The second-order valence-electron chi connectivity index (χ2n) is 10.4. The Morgan fingerprint density at radius 2 is 1.03 bits per heavy atom. The molecule has 2 aromatic carbocycles. The molecule has 0 saturated heterocycles. The van der Waals surface area contributed by atoms with Crippen LogP contribution in [0.4, 0.5) is 0 Å². The third-order valence-corrected chi connectivity index (χ3v) is 7.14. The molecule has 0 aliphatic carbocycles. The van der Waals surface area contributed by atoms with Crippen molar-refractivity contribution in [2.45, 2.75) is 85.2 Å². The Hall–Kier alpha value is -2.56. The molecule has 0 amide bonds. The maximum Gasteiger partial charge on any atom is 0.115 e. The summed E-state index contributed by atoms with van der Waals surface area (Å²) in [4.78, 5) is 13.6. The molecule has 0 unspecified atom stereocenters. The number of hydrogen-bond donors (Lipinski definition) is 0.